The Labute approximate surface area is 190 Å². The second-order valence-electron chi connectivity index (χ2n) is 7.51. The van der Waals surface area contributed by atoms with Crippen molar-refractivity contribution in [3.63, 3.8) is 0 Å². The molecule has 6 nitrogen and oxygen atoms in total. The molecule has 1 aromatic heterocycles. The van der Waals surface area contributed by atoms with Crippen molar-refractivity contribution >= 4 is 17.5 Å². The van der Waals surface area contributed by atoms with Crippen LogP contribution in [0.25, 0.3) is 16.9 Å². The van der Waals surface area contributed by atoms with Crippen molar-refractivity contribution in [2.45, 2.75) is 13.5 Å². The highest BCUT2D eigenvalue weighted by molar-refractivity contribution is 6.33. The molecule has 1 aliphatic heterocycles. The zero-order valence-corrected chi connectivity index (χ0v) is 18.1. The third-order valence-corrected chi connectivity index (χ3v) is 5.59. The molecule has 1 amide bonds. The lowest BCUT2D eigenvalue weighted by Gasteiger charge is -2.09. The van der Waals surface area contributed by atoms with E-state index >= 15 is 0 Å². The summed E-state index contributed by atoms with van der Waals surface area (Å²) in [7, 11) is 0. The normalized spacial score (nSPS) is 12.1. The van der Waals surface area contributed by atoms with Gasteiger partial charge in [-0.25, -0.2) is 4.68 Å². The van der Waals surface area contributed by atoms with Gasteiger partial charge in [0, 0.05) is 12.1 Å². The fourth-order valence-corrected chi connectivity index (χ4v) is 3.78. The zero-order chi connectivity index (χ0) is 22.1. The van der Waals surface area contributed by atoms with E-state index in [4.69, 9.17) is 26.2 Å². The van der Waals surface area contributed by atoms with Crippen LogP contribution in [0.15, 0.2) is 72.8 Å². The maximum absolute atomic E-state index is 13.2. The number of carbonyl (C=O) groups excluding carboxylic acids is 1. The number of amides is 1. The summed E-state index contributed by atoms with van der Waals surface area (Å²) in [6.45, 7) is 2.57. The summed E-state index contributed by atoms with van der Waals surface area (Å²) >= 11 is 6.38. The molecule has 2 heterocycles. The molecule has 0 spiro atoms. The molecule has 3 aromatic carbocycles. The molecule has 0 radical (unpaired) electrons. The lowest BCUT2D eigenvalue weighted by atomic mass is 10.1. The van der Waals surface area contributed by atoms with Crippen molar-refractivity contribution in [2.75, 3.05) is 6.79 Å². The summed E-state index contributed by atoms with van der Waals surface area (Å²) in [4.78, 5) is 13.2. The Morgan fingerprint density at radius 2 is 1.81 bits per heavy atom. The van der Waals surface area contributed by atoms with Gasteiger partial charge in [0.2, 0.25) is 6.79 Å². The molecule has 4 aromatic rings. The standard InChI is InChI=1S/C25H20ClN3O3/c1-16-6-9-18(10-7-16)29-22(13-21(28-29)19-4-2-3-5-20(19)26)25(30)27-14-17-8-11-23-24(12-17)32-15-31-23/h2-13H,14-15H2,1H3,(H,27,30). The number of ether oxygens (including phenoxy) is 2. The SMILES string of the molecule is Cc1ccc(-n2nc(-c3ccccc3Cl)cc2C(=O)NCc2ccc3c(c2)OCO3)cc1. The fraction of sp³-hybridized carbons (Fsp3) is 0.120. The van der Waals surface area contributed by atoms with Crippen LogP contribution in [0.2, 0.25) is 5.02 Å². The molecule has 1 N–H and O–H groups in total. The summed E-state index contributed by atoms with van der Waals surface area (Å²) in [6.07, 6.45) is 0. The zero-order valence-electron chi connectivity index (χ0n) is 17.3. The molecule has 7 heteroatoms. The monoisotopic (exact) mass is 445 g/mol. The Morgan fingerprint density at radius 1 is 1.03 bits per heavy atom. The van der Waals surface area contributed by atoms with Gasteiger partial charge in [0.15, 0.2) is 11.5 Å². The molecule has 32 heavy (non-hydrogen) atoms. The van der Waals surface area contributed by atoms with Crippen molar-refractivity contribution in [3.05, 3.63) is 94.6 Å². The van der Waals surface area contributed by atoms with Crippen LogP contribution in [0.1, 0.15) is 21.6 Å². The second kappa shape index (κ2) is 8.40. The van der Waals surface area contributed by atoms with Crippen LogP contribution in [-0.2, 0) is 6.54 Å². The van der Waals surface area contributed by atoms with E-state index in [1.54, 1.807) is 16.8 Å². The molecular formula is C25H20ClN3O3. The van der Waals surface area contributed by atoms with E-state index in [9.17, 15) is 4.79 Å². The molecule has 0 unspecified atom stereocenters. The molecule has 0 saturated carbocycles. The first-order valence-electron chi connectivity index (χ1n) is 10.2. The van der Waals surface area contributed by atoms with E-state index < -0.39 is 0 Å². The Kier molecular flexibility index (Phi) is 5.29. The fourth-order valence-electron chi connectivity index (χ4n) is 3.55. The number of aryl methyl sites for hydroxylation is 1. The lowest BCUT2D eigenvalue weighted by Crippen LogP contribution is -2.25. The van der Waals surface area contributed by atoms with Gasteiger partial charge < -0.3 is 14.8 Å². The third-order valence-electron chi connectivity index (χ3n) is 5.26. The van der Waals surface area contributed by atoms with Crippen molar-refractivity contribution < 1.29 is 14.3 Å². The van der Waals surface area contributed by atoms with Gasteiger partial charge in [-0.1, -0.05) is 53.6 Å². The van der Waals surface area contributed by atoms with Crippen molar-refractivity contribution in [1.29, 1.82) is 0 Å². The first-order valence-corrected chi connectivity index (χ1v) is 10.5. The quantitative estimate of drug-likeness (QED) is 0.461. The lowest BCUT2D eigenvalue weighted by molar-refractivity contribution is 0.0943. The Bertz CT molecular complexity index is 1300. The van der Waals surface area contributed by atoms with E-state index in [1.807, 2.05) is 67.6 Å². The van der Waals surface area contributed by atoms with Crippen molar-refractivity contribution in [2.24, 2.45) is 0 Å². The maximum Gasteiger partial charge on any atom is 0.270 e. The predicted molar refractivity (Wildman–Crippen MR) is 122 cm³/mol. The number of rotatable bonds is 5. The average molecular weight is 446 g/mol. The van der Waals surface area contributed by atoms with Gasteiger partial charge >= 0.3 is 0 Å². The topological polar surface area (TPSA) is 65.4 Å². The first-order chi connectivity index (χ1) is 15.6. The van der Waals surface area contributed by atoms with Gasteiger partial charge in [0.05, 0.1) is 16.4 Å². The number of hydrogen-bond donors (Lipinski definition) is 1. The van der Waals surface area contributed by atoms with Crippen LogP contribution in [-0.4, -0.2) is 22.5 Å². The van der Waals surface area contributed by atoms with Gasteiger partial charge in [-0.15, -0.1) is 0 Å². The number of aromatic nitrogens is 2. The van der Waals surface area contributed by atoms with Crippen molar-refractivity contribution in [1.82, 2.24) is 15.1 Å². The minimum atomic E-state index is -0.242. The smallest absolute Gasteiger partial charge is 0.270 e. The number of carbonyl (C=O) groups is 1. The van der Waals surface area contributed by atoms with E-state index in [1.165, 1.54) is 0 Å². The minimum absolute atomic E-state index is 0.214. The molecule has 160 valence electrons. The average Bonchev–Trinajstić information content (AvgIpc) is 3.45. The van der Waals surface area contributed by atoms with E-state index in [-0.39, 0.29) is 12.7 Å². The molecule has 0 atom stereocenters. The summed E-state index contributed by atoms with van der Waals surface area (Å²) in [5, 5.41) is 8.25. The number of benzene rings is 3. The van der Waals surface area contributed by atoms with Gasteiger partial charge in [-0.2, -0.15) is 5.10 Å². The van der Waals surface area contributed by atoms with E-state index in [2.05, 4.69) is 5.32 Å². The van der Waals surface area contributed by atoms with Crippen LogP contribution in [0.4, 0.5) is 0 Å². The van der Waals surface area contributed by atoms with Gasteiger partial charge in [-0.05, 0) is 48.9 Å². The summed E-state index contributed by atoms with van der Waals surface area (Å²) in [5.74, 6) is 1.15. The summed E-state index contributed by atoms with van der Waals surface area (Å²) in [5.41, 5.74) is 4.65. The van der Waals surface area contributed by atoms with Crippen LogP contribution in [0, 0.1) is 6.92 Å². The van der Waals surface area contributed by atoms with Gasteiger partial charge in [-0.3, -0.25) is 4.79 Å². The molecule has 1 aliphatic rings. The molecular weight excluding hydrogens is 426 g/mol. The number of halogens is 1. The Morgan fingerprint density at radius 3 is 2.62 bits per heavy atom. The van der Waals surface area contributed by atoms with Crippen LogP contribution < -0.4 is 14.8 Å². The highest BCUT2D eigenvalue weighted by Crippen LogP contribution is 2.32. The van der Waals surface area contributed by atoms with Crippen LogP contribution in [0.5, 0.6) is 11.5 Å². The van der Waals surface area contributed by atoms with Gasteiger partial charge in [0.1, 0.15) is 5.69 Å². The minimum Gasteiger partial charge on any atom is -0.454 e. The Hall–Kier alpha value is -3.77. The summed E-state index contributed by atoms with van der Waals surface area (Å²) < 4.78 is 12.4. The summed E-state index contributed by atoms with van der Waals surface area (Å²) in [6, 6.07) is 22.7. The molecule has 5 rings (SSSR count). The molecule has 0 aliphatic carbocycles. The second-order valence-corrected chi connectivity index (χ2v) is 7.92. The number of hydrogen-bond acceptors (Lipinski definition) is 4. The number of nitrogens with one attached hydrogen (secondary N) is 1. The predicted octanol–water partition coefficient (Wildman–Crippen LogP) is 5.16. The first kappa shape index (κ1) is 20.2. The molecule has 0 fully saturated rings. The van der Waals surface area contributed by atoms with Crippen LogP contribution >= 0.6 is 11.6 Å². The highest BCUT2D eigenvalue weighted by Gasteiger charge is 2.19. The number of fused-ring (bicyclic) bond motifs is 1. The highest BCUT2D eigenvalue weighted by atomic mass is 35.5. The van der Waals surface area contributed by atoms with E-state index in [0.29, 0.717) is 34.5 Å². The molecule has 0 saturated heterocycles. The molecule has 0 bridgehead atoms. The largest absolute Gasteiger partial charge is 0.454 e. The van der Waals surface area contributed by atoms with E-state index in [0.717, 1.165) is 22.4 Å². The third kappa shape index (κ3) is 3.92. The van der Waals surface area contributed by atoms with Crippen LogP contribution in [0.3, 0.4) is 0 Å². The van der Waals surface area contributed by atoms with Gasteiger partial charge in [0.25, 0.3) is 5.91 Å². The van der Waals surface area contributed by atoms with Crippen molar-refractivity contribution in [3.8, 4) is 28.4 Å². The number of nitrogens with zero attached hydrogens (tertiary/aromatic N) is 2. The Balaban J connectivity index is 1.46. The maximum atomic E-state index is 13.2.